The van der Waals surface area contributed by atoms with Crippen LogP contribution in [0, 0.1) is 6.92 Å². The molecule has 0 aliphatic heterocycles. The van der Waals surface area contributed by atoms with Gasteiger partial charge >= 0.3 is 0 Å². The second kappa shape index (κ2) is 6.25. The van der Waals surface area contributed by atoms with E-state index >= 15 is 0 Å². The smallest absolute Gasteiger partial charge is 0.255 e. The quantitative estimate of drug-likeness (QED) is 0.898. The van der Waals surface area contributed by atoms with Gasteiger partial charge in [-0.05, 0) is 19.9 Å². The molecule has 0 bridgehead atoms. The predicted octanol–water partition coefficient (Wildman–Crippen LogP) is 1.35. The summed E-state index contributed by atoms with van der Waals surface area (Å²) in [7, 11) is 1.65. The van der Waals surface area contributed by atoms with Crippen molar-refractivity contribution in [1.82, 2.24) is 15.4 Å². The van der Waals surface area contributed by atoms with Gasteiger partial charge in [-0.1, -0.05) is 5.16 Å². The summed E-state index contributed by atoms with van der Waals surface area (Å²) in [5, 5.41) is 6.45. The number of rotatable bonds is 5. The molecule has 2 amide bonds. The van der Waals surface area contributed by atoms with E-state index in [-0.39, 0.29) is 11.8 Å². The van der Waals surface area contributed by atoms with Gasteiger partial charge in [0.15, 0.2) is 0 Å². The molecule has 1 unspecified atom stereocenters. The first-order valence-electron chi connectivity index (χ1n) is 6.47. The van der Waals surface area contributed by atoms with Crippen molar-refractivity contribution in [3.05, 3.63) is 41.7 Å². The summed E-state index contributed by atoms with van der Waals surface area (Å²) in [4.78, 5) is 25.5. The number of hydrogen-bond acceptors (Lipinski definition) is 5. The molecule has 1 N–H and O–H groups in total. The van der Waals surface area contributed by atoms with E-state index in [1.54, 1.807) is 27.0 Å². The van der Waals surface area contributed by atoms with Crippen molar-refractivity contribution in [1.29, 1.82) is 0 Å². The second-order valence-electron chi connectivity index (χ2n) is 4.83. The molecule has 0 saturated carbocycles. The molecule has 2 heterocycles. The SMILES string of the molecule is Cc1cc(CN(C)C(=O)C(C)NC(=O)c2ccoc2)no1. The molecule has 0 spiro atoms. The molecule has 0 aliphatic carbocycles. The van der Waals surface area contributed by atoms with E-state index in [9.17, 15) is 9.59 Å². The van der Waals surface area contributed by atoms with Gasteiger partial charge in [-0.25, -0.2) is 0 Å². The fourth-order valence-electron chi connectivity index (χ4n) is 1.88. The molecule has 0 aliphatic rings. The predicted molar refractivity (Wildman–Crippen MR) is 73.4 cm³/mol. The van der Waals surface area contributed by atoms with Crippen LogP contribution < -0.4 is 5.32 Å². The fraction of sp³-hybridized carbons (Fsp3) is 0.357. The van der Waals surface area contributed by atoms with Crippen LogP contribution in [0.5, 0.6) is 0 Å². The third-order valence-electron chi connectivity index (χ3n) is 2.95. The number of nitrogens with zero attached hydrogens (tertiary/aromatic N) is 2. The number of carbonyl (C=O) groups is 2. The number of carbonyl (C=O) groups excluding carboxylic acids is 2. The minimum absolute atomic E-state index is 0.215. The van der Waals surface area contributed by atoms with Crippen molar-refractivity contribution in [2.45, 2.75) is 26.4 Å². The normalized spacial score (nSPS) is 12.0. The number of hydrogen-bond donors (Lipinski definition) is 1. The summed E-state index contributed by atoms with van der Waals surface area (Å²) in [6, 6.07) is 2.65. The van der Waals surface area contributed by atoms with Gasteiger partial charge in [0.2, 0.25) is 5.91 Å². The number of nitrogens with one attached hydrogen (secondary N) is 1. The molecule has 2 aromatic heterocycles. The fourth-order valence-corrected chi connectivity index (χ4v) is 1.88. The Morgan fingerprint density at radius 1 is 1.48 bits per heavy atom. The molecular weight excluding hydrogens is 274 g/mol. The lowest BCUT2D eigenvalue weighted by Gasteiger charge is -2.20. The highest BCUT2D eigenvalue weighted by molar-refractivity contribution is 5.97. The highest BCUT2D eigenvalue weighted by Gasteiger charge is 2.21. The lowest BCUT2D eigenvalue weighted by atomic mass is 10.2. The van der Waals surface area contributed by atoms with E-state index in [0.29, 0.717) is 23.6 Å². The molecular formula is C14H17N3O4. The first kappa shape index (κ1) is 14.8. The Hall–Kier alpha value is -2.57. The van der Waals surface area contributed by atoms with Crippen LogP contribution in [0.15, 0.2) is 33.6 Å². The third-order valence-corrected chi connectivity index (χ3v) is 2.95. The molecule has 0 fully saturated rings. The third kappa shape index (κ3) is 3.71. The van der Waals surface area contributed by atoms with Crippen LogP contribution in [0.3, 0.4) is 0 Å². The van der Waals surface area contributed by atoms with E-state index in [0.717, 1.165) is 0 Å². The van der Waals surface area contributed by atoms with Crippen LogP contribution in [0.25, 0.3) is 0 Å². The summed E-state index contributed by atoms with van der Waals surface area (Å²) >= 11 is 0. The van der Waals surface area contributed by atoms with E-state index < -0.39 is 6.04 Å². The van der Waals surface area contributed by atoms with E-state index in [4.69, 9.17) is 8.94 Å². The largest absolute Gasteiger partial charge is 0.472 e. The van der Waals surface area contributed by atoms with Gasteiger partial charge in [0, 0.05) is 13.1 Å². The minimum Gasteiger partial charge on any atom is -0.472 e. The molecule has 0 saturated heterocycles. The minimum atomic E-state index is -0.648. The molecule has 21 heavy (non-hydrogen) atoms. The van der Waals surface area contributed by atoms with E-state index in [2.05, 4.69) is 10.5 Å². The lowest BCUT2D eigenvalue weighted by Crippen LogP contribution is -2.45. The first-order chi connectivity index (χ1) is 9.97. The van der Waals surface area contributed by atoms with Crippen molar-refractivity contribution in [3.63, 3.8) is 0 Å². The summed E-state index contributed by atoms with van der Waals surface area (Å²) in [6.45, 7) is 3.74. The summed E-state index contributed by atoms with van der Waals surface area (Å²) in [5.74, 6) is 0.120. The summed E-state index contributed by atoms with van der Waals surface area (Å²) in [6.07, 6.45) is 2.73. The molecule has 1 atom stereocenters. The Kier molecular flexibility index (Phi) is 4.42. The Morgan fingerprint density at radius 3 is 2.81 bits per heavy atom. The maximum absolute atomic E-state index is 12.2. The number of aromatic nitrogens is 1. The second-order valence-corrected chi connectivity index (χ2v) is 4.83. The molecule has 7 nitrogen and oxygen atoms in total. The maximum atomic E-state index is 12.2. The topological polar surface area (TPSA) is 88.6 Å². The molecule has 2 rings (SSSR count). The molecule has 112 valence electrons. The number of likely N-dealkylation sites (N-methyl/N-ethyl adjacent to an activating group) is 1. The Labute approximate surface area is 121 Å². The van der Waals surface area contributed by atoms with Crippen LogP contribution in [-0.2, 0) is 11.3 Å². The standard InChI is InChI=1S/C14H17N3O4/c1-9-6-12(16-21-9)7-17(3)14(19)10(2)15-13(18)11-4-5-20-8-11/h4-6,8,10H,7H2,1-3H3,(H,15,18). The Balaban J connectivity index is 1.90. The van der Waals surface area contributed by atoms with Crippen molar-refractivity contribution >= 4 is 11.8 Å². The van der Waals surface area contributed by atoms with Crippen molar-refractivity contribution in [2.75, 3.05) is 7.05 Å². The average Bonchev–Trinajstić information content (AvgIpc) is 3.09. The summed E-state index contributed by atoms with van der Waals surface area (Å²) in [5.41, 5.74) is 1.04. The monoisotopic (exact) mass is 291 g/mol. The van der Waals surface area contributed by atoms with Gasteiger partial charge in [0.1, 0.15) is 23.8 Å². The maximum Gasteiger partial charge on any atom is 0.255 e. The molecule has 2 aromatic rings. The van der Waals surface area contributed by atoms with Gasteiger partial charge in [-0.3, -0.25) is 9.59 Å². The van der Waals surface area contributed by atoms with Gasteiger partial charge in [0.25, 0.3) is 5.91 Å². The number of amides is 2. The highest BCUT2D eigenvalue weighted by atomic mass is 16.5. The van der Waals surface area contributed by atoms with Gasteiger partial charge in [-0.2, -0.15) is 0 Å². The van der Waals surface area contributed by atoms with E-state index in [1.807, 2.05) is 0 Å². The van der Waals surface area contributed by atoms with Crippen molar-refractivity contribution < 1.29 is 18.5 Å². The van der Waals surface area contributed by atoms with Crippen LogP contribution in [0.1, 0.15) is 28.7 Å². The number of furan rings is 1. The van der Waals surface area contributed by atoms with Crippen molar-refractivity contribution in [2.24, 2.45) is 0 Å². The molecule has 7 heteroatoms. The molecule has 0 aromatic carbocycles. The number of aryl methyl sites for hydroxylation is 1. The summed E-state index contributed by atoms with van der Waals surface area (Å²) < 4.78 is 9.78. The van der Waals surface area contributed by atoms with Crippen LogP contribution in [0.4, 0.5) is 0 Å². The Bertz CT molecular complexity index is 618. The molecule has 0 radical (unpaired) electrons. The van der Waals surface area contributed by atoms with Gasteiger partial charge < -0.3 is 19.2 Å². The van der Waals surface area contributed by atoms with Crippen LogP contribution in [-0.4, -0.2) is 35.0 Å². The lowest BCUT2D eigenvalue weighted by molar-refractivity contribution is -0.132. The van der Waals surface area contributed by atoms with Gasteiger partial charge in [0.05, 0.1) is 18.4 Å². The van der Waals surface area contributed by atoms with Crippen LogP contribution >= 0.6 is 0 Å². The zero-order chi connectivity index (χ0) is 15.4. The van der Waals surface area contributed by atoms with E-state index in [1.165, 1.54) is 23.5 Å². The highest BCUT2D eigenvalue weighted by Crippen LogP contribution is 2.06. The first-order valence-corrected chi connectivity index (χ1v) is 6.47. The Morgan fingerprint density at radius 2 is 2.24 bits per heavy atom. The van der Waals surface area contributed by atoms with Gasteiger partial charge in [-0.15, -0.1) is 0 Å². The zero-order valence-corrected chi connectivity index (χ0v) is 12.1. The van der Waals surface area contributed by atoms with Crippen LogP contribution in [0.2, 0.25) is 0 Å². The zero-order valence-electron chi connectivity index (χ0n) is 12.1. The average molecular weight is 291 g/mol. The van der Waals surface area contributed by atoms with Crippen molar-refractivity contribution in [3.8, 4) is 0 Å².